The number of nitrogens with two attached hydrogens (primary N) is 1. The number of carbonyl (C=O) groups excluding carboxylic acids is 1. The van der Waals surface area contributed by atoms with Gasteiger partial charge >= 0.3 is 0 Å². The minimum Gasteiger partial charge on any atom is -0.382 e. The molecule has 0 aliphatic heterocycles. The summed E-state index contributed by atoms with van der Waals surface area (Å²) in [6, 6.07) is 12.4. The summed E-state index contributed by atoms with van der Waals surface area (Å²) in [6.45, 7) is 0.521. The quantitative estimate of drug-likeness (QED) is 0.768. The van der Waals surface area contributed by atoms with E-state index in [1.54, 1.807) is 6.20 Å². The Morgan fingerprint density at radius 3 is 2.62 bits per heavy atom. The molecule has 0 spiro atoms. The van der Waals surface area contributed by atoms with Crippen molar-refractivity contribution < 1.29 is 4.79 Å². The molecule has 2 aromatic heterocycles. The fourth-order valence-electron chi connectivity index (χ4n) is 2.98. The Hall–Kier alpha value is -3.28. The highest BCUT2D eigenvalue weighted by atomic mass is 16.2. The Bertz CT molecular complexity index is 924. The van der Waals surface area contributed by atoms with Gasteiger partial charge in [0, 0.05) is 37.4 Å². The van der Waals surface area contributed by atoms with E-state index >= 15 is 0 Å². The summed E-state index contributed by atoms with van der Waals surface area (Å²) in [7, 11) is 0. The predicted molar refractivity (Wildman–Crippen MR) is 99.0 cm³/mol. The van der Waals surface area contributed by atoms with E-state index in [0.29, 0.717) is 6.54 Å². The Balaban J connectivity index is 1.60. The van der Waals surface area contributed by atoms with Crippen LogP contribution in [0, 0.1) is 0 Å². The Labute approximate surface area is 151 Å². The maximum atomic E-state index is 12.9. The molecule has 0 saturated heterocycles. The van der Waals surface area contributed by atoms with Gasteiger partial charge in [-0.3, -0.25) is 9.78 Å². The minimum absolute atomic E-state index is 0.162. The molecular weight excluding hydrogens is 326 g/mol. The fourth-order valence-corrected chi connectivity index (χ4v) is 2.98. The minimum atomic E-state index is -0.162. The van der Waals surface area contributed by atoms with Crippen LogP contribution in [0.25, 0.3) is 11.1 Å². The van der Waals surface area contributed by atoms with Crippen molar-refractivity contribution >= 4 is 11.7 Å². The predicted octanol–water partition coefficient (Wildman–Crippen LogP) is 2.93. The number of benzene rings is 1. The number of anilines is 1. The van der Waals surface area contributed by atoms with Crippen LogP contribution in [0.2, 0.25) is 0 Å². The second-order valence-corrected chi connectivity index (χ2v) is 6.40. The monoisotopic (exact) mass is 345 g/mol. The van der Waals surface area contributed by atoms with Gasteiger partial charge in [-0.05, 0) is 41.7 Å². The fraction of sp³-hybridized carbons (Fsp3) is 0.200. The highest BCUT2D eigenvalue weighted by Crippen LogP contribution is 2.31. The average molecular weight is 345 g/mol. The first-order chi connectivity index (χ1) is 12.7. The van der Waals surface area contributed by atoms with Gasteiger partial charge in [0.15, 0.2) is 11.5 Å². The van der Waals surface area contributed by atoms with Crippen molar-refractivity contribution in [2.24, 2.45) is 0 Å². The standard InChI is InChI=1S/C20H19N5O/c21-19-18(23-9-10-24-19)20(26)25(17-6-7-17)13-14-3-1-4-15(11-14)16-5-2-8-22-12-16/h1-5,8-12,17H,6-7,13H2,(H2,21,24). The van der Waals surface area contributed by atoms with Crippen molar-refractivity contribution in [3.05, 3.63) is 72.4 Å². The summed E-state index contributed by atoms with van der Waals surface area (Å²) >= 11 is 0. The van der Waals surface area contributed by atoms with Gasteiger partial charge in [0.25, 0.3) is 5.91 Å². The second-order valence-electron chi connectivity index (χ2n) is 6.40. The van der Waals surface area contributed by atoms with Gasteiger partial charge in [0.2, 0.25) is 0 Å². The van der Waals surface area contributed by atoms with Crippen LogP contribution in [0.3, 0.4) is 0 Å². The number of carbonyl (C=O) groups is 1. The highest BCUT2D eigenvalue weighted by molar-refractivity contribution is 5.96. The van der Waals surface area contributed by atoms with Crippen molar-refractivity contribution in [1.82, 2.24) is 19.9 Å². The summed E-state index contributed by atoms with van der Waals surface area (Å²) in [4.78, 5) is 27.1. The number of nitrogens with zero attached hydrogens (tertiary/aromatic N) is 4. The molecule has 6 nitrogen and oxygen atoms in total. The summed E-state index contributed by atoms with van der Waals surface area (Å²) in [5, 5.41) is 0. The summed E-state index contributed by atoms with van der Waals surface area (Å²) in [5.41, 5.74) is 9.27. The lowest BCUT2D eigenvalue weighted by Gasteiger charge is -2.22. The van der Waals surface area contributed by atoms with Crippen molar-refractivity contribution in [3.63, 3.8) is 0 Å². The van der Waals surface area contributed by atoms with E-state index in [1.165, 1.54) is 12.4 Å². The number of rotatable bonds is 5. The molecule has 0 atom stereocenters. The number of pyridine rings is 1. The molecule has 1 aliphatic rings. The number of nitrogen functional groups attached to an aromatic ring is 1. The van der Waals surface area contributed by atoms with E-state index in [1.807, 2.05) is 41.4 Å². The Kier molecular flexibility index (Phi) is 4.31. The molecule has 26 heavy (non-hydrogen) atoms. The van der Waals surface area contributed by atoms with Crippen LogP contribution in [0.5, 0.6) is 0 Å². The molecule has 6 heteroatoms. The third-order valence-corrected chi connectivity index (χ3v) is 4.45. The summed E-state index contributed by atoms with van der Waals surface area (Å²) in [5.74, 6) is 0.0112. The van der Waals surface area contributed by atoms with E-state index in [0.717, 1.165) is 29.5 Å². The van der Waals surface area contributed by atoms with Crippen molar-refractivity contribution in [2.45, 2.75) is 25.4 Å². The van der Waals surface area contributed by atoms with Crippen molar-refractivity contribution in [1.29, 1.82) is 0 Å². The SMILES string of the molecule is Nc1nccnc1C(=O)N(Cc1cccc(-c2cccnc2)c1)C1CC1. The van der Waals surface area contributed by atoms with Crippen LogP contribution < -0.4 is 5.73 Å². The molecule has 1 amide bonds. The van der Waals surface area contributed by atoms with Crippen LogP contribution in [0.15, 0.2) is 61.2 Å². The Morgan fingerprint density at radius 2 is 1.88 bits per heavy atom. The van der Waals surface area contributed by atoms with Crippen molar-refractivity contribution in [2.75, 3.05) is 5.73 Å². The average Bonchev–Trinajstić information content (AvgIpc) is 3.52. The molecule has 0 bridgehead atoms. The van der Waals surface area contributed by atoms with Gasteiger partial charge in [-0.25, -0.2) is 9.97 Å². The van der Waals surface area contributed by atoms with Gasteiger partial charge in [-0.1, -0.05) is 24.3 Å². The number of hydrogen-bond acceptors (Lipinski definition) is 5. The summed E-state index contributed by atoms with van der Waals surface area (Å²) < 4.78 is 0. The zero-order chi connectivity index (χ0) is 17.9. The molecule has 0 radical (unpaired) electrons. The third kappa shape index (κ3) is 3.39. The number of hydrogen-bond donors (Lipinski definition) is 1. The van der Waals surface area contributed by atoms with Gasteiger partial charge in [-0.15, -0.1) is 0 Å². The molecule has 130 valence electrons. The molecule has 0 unspecified atom stereocenters. The van der Waals surface area contributed by atoms with Gasteiger partial charge < -0.3 is 10.6 Å². The van der Waals surface area contributed by atoms with E-state index in [9.17, 15) is 4.79 Å². The zero-order valence-electron chi connectivity index (χ0n) is 14.2. The molecule has 1 aliphatic carbocycles. The third-order valence-electron chi connectivity index (χ3n) is 4.45. The maximum Gasteiger partial charge on any atom is 0.276 e. The normalized spacial score (nSPS) is 13.4. The molecule has 2 heterocycles. The first kappa shape index (κ1) is 16.2. The van der Waals surface area contributed by atoms with E-state index in [-0.39, 0.29) is 23.5 Å². The molecule has 1 aromatic carbocycles. The molecule has 2 N–H and O–H groups in total. The van der Waals surface area contributed by atoms with Crippen molar-refractivity contribution in [3.8, 4) is 11.1 Å². The molecular formula is C20H19N5O. The number of amides is 1. The lowest BCUT2D eigenvalue weighted by molar-refractivity contribution is 0.0724. The van der Waals surface area contributed by atoms with Gasteiger partial charge in [-0.2, -0.15) is 0 Å². The van der Waals surface area contributed by atoms with E-state index in [2.05, 4.69) is 21.0 Å². The second kappa shape index (κ2) is 6.92. The first-order valence-electron chi connectivity index (χ1n) is 8.59. The Morgan fingerprint density at radius 1 is 1.08 bits per heavy atom. The molecule has 1 saturated carbocycles. The summed E-state index contributed by atoms with van der Waals surface area (Å²) in [6.07, 6.45) is 8.60. The van der Waals surface area contributed by atoms with Crippen LogP contribution in [-0.4, -0.2) is 31.8 Å². The smallest absolute Gasteiger partial charge is 0.276 e. The van der Waals surface area contributed by atoms with Crippen LogP contribution in [-0.2, 0) is 6.54 Å². The zero-order valence-corrected chi connectivity index (χ0v) is 14.2. The van der Waals surface area contributed by atoms with E-state index < -0.39 is 0 Å². The lowest BCUT2D eigenvalue weighted by Crippen LogP contribution is -2.33. The first-order valence-corrected chi connectivity index (χ1v) is 8.59. The molecule has 3 aromatic rings. The topological polar surface area (TPSA) is 85.0 Å². The lowest BCUT2D eigenvalue weighted by atomic mass is 10.0. The van der Waals surface area contributed by atoms with Crippen LogP contribution in [0.4, 0.5) is 5.82 Å². The van der Waals surface area contributed by atoms with Gasteiger partial charge in [0.05, 0.1) is 0 Å². The van der Waals surface area contributed by atoms with Crippen LogP contribution >= 0.6 is 0 Å². The van der Waals surface area contributed by atoms with Gasteiger partial charge in [0.1, 0.15) is 0 Å². The van der Waals surface area contributed by atoms with E-state index in [4.69, 9.17) is 5.73 Å². The number of aromatic nitrogens is 3. The molecule has 1 fully saturated rings. The largest absolute Gasteiger partial charge is 0.382 e. The molecule has 4 rings (SSSR count). The van der Waals surface area contributed by atoms with Crippen LogP contribution in [0.1, 0.15) is 28.9 Å². The highest BCUT2D eigenvalue weighted by Gasteiger charge is 2.34. The maximum absolute atomic E-state index is 12.9.